The molecule has 8 aromatic rings. The molecular formula is C38H27F4N11. The minimum atomic E-state index is -2.51. The number of aromatic nitrogens is 10. The van der Waals surface area contributed by atoms with Gasteiger partial charge in [0, 0.05) is 35.9 Å². The van der Waals surface area contributed by atoms with Crippen molar-refractivity contribution in [2.75, 3.05) is 0 Å². The predicted octanol–water partition coefficient (Wildman–Crippen LogP) is 7.56. The van der Waals surface area contributed by atoms with Crippen LogP contribution in [0.5, 0.6) is 0 Å². The molecule has 0 radical (unpaired) electrons. The summed E-state index contributed by atoms with van der Waals surface area (Å²) in [5.74, 6) is -0.674. The molecule has 6 aromatic heterocycles. The van der Waals surface area contributed by atoms with Gasteiger partial charge in [0.2, 0.25) is 0 Å². The molecule has 0 unspecified atom stereocenters. The molecule has 0 N–H and O–H groups in total. The molecule has 15 heteroatoms. The molecule has 2 aliphatic rings. The molecule has 53 heavy (non-hydrogen) atoms. The van der Waals surface area contributed by atoms with Crippen LogP contribution in [0.15, 0.2) is 110 Å². The van der Waals surface area contributed by atoms with Gasteiger partial charge >= 0.3 is 0 Å². The Labute approximate surface area is 298 Å². The highest BCUT2D eigenvalue weighted by Crippen LogP contribution is 2.51. The van der Waals surface area contributed by atoms with Crippen LogP contribution in [0.2, 0.25) is 0 Å². The second-order valence-corrected chi connectivity index (χ2v) is 13.1. The first kappa shape index (κ1) is 32.2. The summed E-state index contributed by atoms with van der Waals surface area (Å²) < 4.78 is 60.9. The number of nitriles is 1. The predicted molar refractivity (Wildman–Crippen MR) is 185 cm³/mol. The standard InChI is InChI=1S/C19H14F3N5.C19H13FN6/c20-13-3-1-12(2-4-13)16-17(14-5-6-15-23-9-10-27(15)25-14)26(11-24-16)19(7-8-19)18(21)22;20-14-3-1-13(2-4-14)17-18(25(12-23-17)19(11-21)7-8-19)15-5-6-16-22-9-10-26(16)24-15/h1-6,9-11,18H,7-8H2;1-6,9-10,12H,7-8H2. The lowest BCUT2D eigenvalue weighted by Gasteiger charge is -2.19. The zero-order chi connectivity index (χ0) is 36.3. The largest absolute Gasteiger partial charge is 0.317 e. The van der Waals surface area contributed by atoms with E-state index in [1.807, 2.05) is 16.7 Å². The van der Waals surface area contributed by atoms with E-state index in [-0.39, 0.29) is 11.6 Å². The second-order valence-electron chi connectivity index (χ2n) is 13.1. The highest BCUT2D eigenvalue weighted by Gasteiger charge is 2.54. The average molecular weight is 714 g/mol. The molecule has 11 nitrogen and oxygen atoms in total. The van der Waals surface area contributed by atoms with Crippen LogP contribution in [-0.4, -0.2) is 54.7 Å². The van der Waals surface area contributed by atoms with Crippen LogP contribution >= 0.6 is 0 Å². The maximum absolute atomic E-state index is 13.8. The van der Waals surface area contributed by atoms with Crippen LogP contribution < -0.4 is 0 Å². The van der Waals surface area contributed by atoms with Crippen molar-refractivity contribution in [3.8, 4) is 51.4 Å². The summed E-state index contributed by atoms with van der Waals surface area (Å²) in [6.07, 6.45) is 9.69. The van der Waals surface area contributed by atoms with Gasteiger partial charge in [0.1, 0.15) is 34.1 Å². The van der Waals surface area contributed by atoms with Gasteiger partial charge in [-0.3, -0.25) is 0 Å². The fourth-order valence-electron chi connectivity index (χ4n) is 6.59. The summed E-state index contributed by atoms with van der Waals surface area (Å²) in [4.78, 5) is 17.3. The molecule has 0 aliphatic heterocycles. The number of alkyl halides is 2. The summed E-state index contributed by atoms with van der Waals surface area (Å²) >= 11 is 0. The van der Waals surface area contributed by atoms with Crippen molar-refractivity contribution in [1.82, 2.24) is 48.3 Å². The minimum absolute atomic E-state index is 0.302. The number of halogens is 4. The molecule has 6 heterocycles. The van der Waals surface area contributed by atoms with Crippen molar-refractivity contribution in [3.63, 3.8) is 0 Å². The van der Waals surface area contributed by atoms with E-state index in [4.69, 9.17) is 0 Å². The van der Waals surface area contributed by atoms with Crippen molar-refractivity contribution < 1.29 is 17.6 Å². The number of hydrogen-bond donors (Lipinski definition) is 0. The first-order valence-corrected chi connectivity index (χ1v) is 16.8. The Morgan fingerprint density at radius 1 is 0.604 bits per heavy atom. The average Bonchev–Trinajstić information content (AvgIpc) is 3.83. The van der Waals surface area contributed by atoms with Gasteiger partial charge < -0.3 is 9.13 Å². The number of benzene rings is 2. The van der Waals surface area contributed by atoms with Crippen molar-refractivity contribution in [2.24, 2.45) is 0 Å². The topological polar surface area (TPSA) is 120 Å². The Morgan fingerprint density at radius 2 is 1.08 bits per heavy atom. The molecular weight excluding hydrogens is 686 g/mol. The summed E-state index contributed by atoms with van der Waals surface area (Å²) in [7, 11) is 0. The lowest BCUT2D eigenvalue weighted by Crippen LogP contribution is -2.26. The van der Waals surface area contributed by atoms with E-state index in [1.165, 1.54) is 35.2 Å². The summed E-state index contributed by atoms with van der Waals surface area (Å²) in [6.45, 7) is 0. The lowest BCUT2D eigenvalue weighted by molar-refractivity contribution is 0.0678. The van der Waals surface area contributed by atoms with Gasteiger partial charge in [0.05, 0.1) is 41.5 Å². The van der Waals surface area contributed by atoms with E-state index >= 15 is 0 Å². The maximum atomic E-state index is 13.8. The van der Waals surface area contributed by atoms with Gasteiger partial charge in [-0.1, -0.05) is 0 Å². The van der Waals surface area contributed by atoms with Crippen molar-refractivity contribution >= 4 is 11.3 Å². The van der Waals surface area contributed by atoms with Crippen LogP contribution in [0, 0.1) is 23.0 Å². The molecule has 2 aliphatic carbocycles. The van der Waals surface area contributed by atoms with E-state index < -0.39 is 17.5 Å². The van der Waals surface area contributed by atoms with E-state index in [0.29, 0.717) is 52.5 Å². The van der Waals surface area contributed by atoms with E-state index in [1.54, 1.807) is 76.5 Å². The van der Waals surface area contributed by atoms with Crippen LogP contribution in [0.25, 0.3) is 56.6 Å². The van der Waals surface area contributed by atoms with Crippen molar-refractivity contribution in [1.29, 1.82) is 5.26 Å². The molecule has 0 saturated heterocycles. The van der Waals surface area contributed by atoms with Crippen molar-refractivity contribution in [2.45, 2.75) is 43.2 Å². The number of nitrogens with zero attached hydrogens (tertiary/aromatic N) is 11. The van der Waals surface area contributed by atoms with Gasteiger partial charge in [-0.25, -0.2) is 46.5 Å². The number of imidazole rings is 4. The second kappa shape index (κ2) is 12.2. The maximum Gasteiger partial charge on any atom is 0.261 e. The van der Waals surface area contributed by atoms with Gasteiger partial charge in [-0.15, -0.1) is 0 Å². The Balaban J connectivity index is 0.000000141. The zero-order valence-electron chi connectivity index (χ0n) is 27.7. The SMILES string of the molecule is Fc1ccc(-c2ncn(C3(C(F)F)CC3)c2-c2ccc3nccn3n2)cc1.N#CC1(n2cnc(-c3ccc(F)cc3)c2-c2ccc3nccn3n2)CC1. The molecule has 2 saturated carbocycles. The normalized spacial score (nSPS) is 15.3. The third-order valence-corrected chi connectivity index (χ3v) is 9.81. The Morgan fingerprint density at radius 3 is 1.51 bits per heavy atom. The summed E-state index contributed by atoms with van der Waals surface area (Å²) in [5.41, 5.74) is 4.60. The molecule has 0 spiro atoms. The van der Waals surface area contributed by atoms with Gasteiger partial charge in [-0.2, -0.15) is 15.5 Å². The number of rotatable bonds is 7. The van der Waals surface area contributed by atoms with Crippen LogP contribution in [-0.2, 0) is 11.1 Å². The van der Waals surface area contributed by atoms with Crippen LogP contribution in [0.4, 0.5) is 17.6 Å². The highest BCUT2D eigenvalue weighted by atomic mass is 19.3. The fourth-order valence-corrected chi connectivity index (χ4v) is 6.59. The number of hydrogen-bond acceptors (Lipinski definition) is 7. The Kier molecular flexibility index (Phi) is 7.43. The van der Waals surface area contributed by atoms with Gasteiger partial charge in [0.15, 0.2) is 11.3 Å². The number of fused-ring (bicyclic) bond motifs is 2. The molecule has 0 bridgehead atoms. The summed E-state index contributed by atoms with van der Waals surface area (Å²) in [5, 5.41) is 18.8. The zero-order valence-corrected chi connectivity index (χ0v) is 27.7. The van der Waals surface area contributed by atoms with Crippen molar-refractivity contribution in [3.05, 3.63) is 122 Å². The van der Waals surface area contributed by atoms with Gasteiger partial charge in [0.25, 0.3) is 6.43 Å². The lowest BCUT2D eigenvalue weighted by atomic mass is 10.1. The molecule has 0 amide bonds. The smallest absolute Gasteiger partial charge is 0.261 e. The van der Waals surface area contributed by atoms with Gasteiger partial charge in [-0.05, 0) is 98.5 Å². The first-order valence-electron chi connectivity index (χ1n) is 16.8. The quantitative estimate of drug-likeness (QED) is 0.156. The third-order valence-electron chi connectivity index (χ3n) is 9.81. The first-order chi connectivity index (χ1) is 25.8. The Hall–Kier alpha value is -6.69. The van der Waals surface area contributed by atoms with E-state index in [2.05, 4.69) is 36.2 Å². The molecule has 0 atom stereocenters. The fraction of sp³-hybridized carbons (Fsp3) is 0.184. The Bertz CT molecular complexity index is 2660. The molecule has 10 rings (SSSR count). The monoisotopic (exact) mass is 713 g/mol. The van der Waals surface area contributed by atoms with E-state index in [9.17, 15) is 22.8 Å². The van der Waals surface area contributed by atoms with E-state index in [0.717, 1.165) is 29.7 Å². The minimum Gasteiger partial charge on any atom is -0.317 e. The molecule has 2 fully saturated rings. The van der Waals surface area contributed by atoms with Crippen LogP contribution in [0.1, 0.15) is 25.7 Å². The molecule has 2 aromatic carbocycles. The molecule has 262 valence electrons. The highest BCUT2D eigenvalue weighted by molar-refractivity contribution is 5.78. The third kappa shape index (κ3) is 5.50. The van der Waals surface area contributed by atoms with Crippen LogP contribution in [0.3, 0.4) is 0 Å². The summed E-state index contributed by atoms with van der Waals surface area (Å²) in [6, 6.07) is 21.7.